The molecule has 4 rings (SSSR count). The maximum absolute atomic E-state index is 13.0. The first-order valence-electron chi connectivity index (χ1n) is 11.1. The van der Waals surface area contributed by atoms with Gasteiger partial charge < -0.3 is 20.3 Å². The maximum Gasteiger partial charge on any atom is 0.357 e. The zero-order chi connectivity index (χ0) is 25.8. The Morgan fingerprint density at radius 2 is 1.66 bits per heavy atom. The number of benzene rings is 1. The van der Waals surface area contributed by atoms with Crippen molar-refractivity contribution in [3.63, 3.8) is 0 Å². The highest BCUT2D eigenvalue weighted by molar-refractivity contribution is 6.21. The standard InChI is InChI=1S/C23H26N4O8/c1-11-9-25-10-14(17(27(25)19(11)31)22(34)35-23(2,3)4)18(30)24-5-6-26-20(32)12-7-15(28)16(29)8-13(12)21(26)33/h7-8,11,28-29H,5-6,9-10H2,1-4H3,(H,24,30)/t11-/m0/s1. The second-order valence-electron chi connectivity index (χ2n) is 9.63. The Hall–Kier alpha value is -3.93. The van der Waals surface area contributed by atoms with E-state index in [9.17, 15) is 34.2 Å². The fourth-order valence-corrected chi connectivity index (χ4v) is 4.22. The molecule has 0 aliphatic carbocycles. The molecule has 1 atom stereocenters. The summed E-state index contributed by atoms with van der Waals surface area (Å²) in [5.41, 5.74) is -1.04. The van der Waals surface area contributed by atoms with Crippen LogP contribution in [0.25, 0.3) is 0 Å². The number of imide groups is 1. The van der Waals surface area contributed by atoms with Crippen molar-refractivity contribution in [1.82, 2.24) is 20.2 Å². The number of phenolic OH excluding ortho intramolecular Hbond substituents is 2. The number of carbonyl (C=O) groups excluding carboxylic acids is 5. The molecule has 0 bridgehead atoms. The molecule has 12 heteroatoms. The topological polar surface area (TPSA) is 157 Å². The number of hydrogen-bond donors (Lipinski definition) is 3. The van der Waals surface area contributed by atoms with Gasteiger partial charge in [0.25, 0.3) is 17.7 Å². The van der Waals surface area contributed by atoms with E-state index in [4.69, 9.17) is 4.74 Å². The molecule has 0 aromatic heterocycles. The summed E-state index contributed by atoms with van der Waals surface area (Å²) < 4.78 is 5.43. The van der Waals surface area contributed by atoms with Gasteiger partial charge in [0.15, 0.2) is 17.2 Å². The van der Waals surface area contributed by atoms with Crippen molar-refractivity contribution in [2.24, 2.45) is 5.92 Å². The van der Waals surface area contributed by atoms with Crippen LogP contribution in [-0.2, 0) is 19.1 Å². The SMILES string of the molecule is C[C@H]1CN2CC(C(=O)NCCN3C(=O)c4cc(O)c(O)cc4C3=O)=C(C(=O)OC(C)(C)C)N2C1=O. The van der Waals surface area contributed by atoms with E-state index < -0.39 is 40.8 Å². The van der Waals surface area contributed by atoms with Crippen molar-refractivity contribution < 1.29 is 38.9 Å². The minimum Gasteiger partial charge on any atom is -0.504 e. The highest BCUT2D eigenvalue weighted by Crippen LogP contribution is 2.34. The smallest absolute Gasteiger partial charge is 0.357 e. The average molecular weight is 486 g/mol. The van der Waals surface area contributed by atoms with Crippen LogP contribution >= 0.6 is 0 Å². The summed E-state index contributed by atoms with van der Waals surface area (Å²) in [4.78, 5) is 64.5. The highest BCUT2D eigenvalue weighted by atomic mass is 16.6. The van der Waals surface area contributed by atoms with E-state index in [1.54, 1.807) is 32.7 Å². The molecule has 3 aliphatic rings. The zero-order valence-electron chi connectivity index (χ0n) is 19.7. The number of hydrogen-bond acceptors (Lipinski definition) is 9. The van der Waals surface area contributed by atoms with Crippen molar-refractivity contribution >= 4 is 29.6 Å². The third kappa shape index (κ3) is 4.20. The average Bonchev–Trinajstić information content (AvgIpc) is 3.33. The molecule has 3 aliphatic heterocycles. The van der Waals surface area contributed by atoms with Gasteiger partial charge in [-0.05, 0) is 32.9 Å². The molecular weight excluding hydrogens is 460 g/mol. The lowest BCUT2D eigenvalue weighted by Gasteiger charge is -2.24. The molecule has 1 fully saturated rings. The second-order valence-corrected chi connectivity index (χ2v) is 9.63. The van der Waals surface area contributed by atoms with Crippen LogP contribution in [0.5, 0.6) is 11.5 Å². The van der Waals surface area contributed by atoms with Crippen molar-refractivity contribution in [1.29, 1.82) is 0 Å². The van der Waals surface area contributed by atoms with Gasteiger partial charge in [-0.3, -0.25) is 24.1 Å². The van der Waals surface area contributed by atoms with Crippen molar-refractivity contribution in [2.75, 3.05) is 26.2 Å². The van der Waals surface area contributed by atoms with Gasteiger partial charge in [0, 0.05) is 19.6 Å². The lowest BCUT2D eigenvalue weighted by molar-refractivity contribution is -0.156. The molecule has 0 saturated carbocycles. The van der Waals surface area contributed by atoms with E-state index in [1.807, 2.05) is 0 Å². The summed E-state index contributed by atoms with van der Waals surface area (Å²) >= 11 is 0. The molecule has 3 heterocycles. The van der Waals surface area contributed by atoms with Crippen LogP contribution in [0.15, 0.2) is 23.4 Å². The van der Waals surface area contributed by atoms with E-state index in [0.29, 0.717) is 6.54 Å². The summed E-state index contributed by atoms with van der Waals surface area (Å²) in [5.74, 6) is -4.48. The second kappa shape index (κ2) is 8.38. The number of carbonyl (C=O) groups is 5. The summed E-state index contributed by atoms with van der Waals surface area (Å²) in [6.45, 7) is 6.82. The molecule has 3 N–H and O–H groups in total. The first kappa shape index (κ1) is 24.2. The summed E-state index contributed by atoms with van der Waals surface area (Å²) in [5, 5.41) is 24.6. The Bertz CT molecular complexity index is 1160. The molecule has 12 nitrogen and oxygen atoms in total. The number of aromatic hydroxyl groups is 2. The summed E-state index contributed by atoms with van der Waals surface area (Å²) in [7, 11) is 0. The largest absolute Gasteiger partial charge is 0.504 e. The normalized spacial score (nSPS) is 20.0. The van der Waals surface area contributed by atoms with E-state index in [2.05, 4.69) is 5.32 Å². The number of ether oxygens (including phenoxy) is 1. The van der Waals surface area contributed by atoms with Crippen molar-refractivity contribution in [2.45, 2.75) is 33.3 Å². The van der Waals surface area contributed by atoms with E-state index >= 15 is 0 Å². The first-order valence-corrected chi connectivity index (χ1v) is 11.1. The predicted molar refractivity (Wildman–Crippen MR) is 119 cm³/mol. The van der Waals surface area contributed by atoms with E-state index in [-0.39, 0.29) is 53.9 Å². The van der Waals surface area contributed by atoms with Crippen LogP contribution in [0, 0.1) is 5.92 Å². The van der Waals surface area contributed by atoms with Crippen LogP contribution in [0.2, 0.25) is 0 Å². The number of phenols is 2. The van der Waals surface area contributed by atoms with Crippen LogP contribution < -0.4 is 5.32 Å². The van der Waals surface area contributed by atoms with Crippen molar-refractivity contribution in [3.8, 4) is 11.5 Å². The number of nitrogens with one attached hydrogen (secondary N) is 1. The summed E-state index contributed by atoms with van der Waals surface area (Å²) in [6, 6.07) is 2.03. The number of hydrazine groups is 1. The number of rotatable bonds is 5. The van der Waals surface area contributed by atoms with Gasteiger partial charge in [0.05, 0.1) is 29.2 Å². The Balaban J connectivity index is 1.49. The minimum absolute atomic E-state index is 0.0298. The van der Waals surface area contributed by atoms with Crippen LogP contribution in [0.4, 0.5) is 0 Å². The highest BCUT2D eigenvalue weighted by Gasteiger charge is 2.48. The Morgan fingerprint density at radius 3 is 2.20 bits per heavy atom. The minimum atomic E-state index is -0.845. The van der Waals surface area contributed by atoms with E-state index in [0.717, 1.165) is 17.0 Å². The quantitative estimate of drug-likeness (QED) is 0.299. The van der Waals surface area contributed by atoms with Crippen LogP contribution in [0.3, 0.4) is 0 Å². The fourth-order valence-electron chi connectivity index (χ4n) is 4.22. The number of fused-ring (bicyclic) bond motifs is 2. The van der Waals surface area contributed by atoms with Gasteiger partial charge >= 0.3 is 5.97 Å². The van der Waals surface area contributed by atoms with Crippen molar-refractivity contribution in [3.05, 3.63) is 34.5 Å². The lowest BCUT2D eigenvalue weighted by atomic mass is 10.1. The summed E-state index contributed by atoms with van der Waals surface area (Å²) in [6.07, 6.45) is 0. The van der Waals surface area contributed by atoms with E-state index in [1.165, 1.54) is 5.01 Å². The van der Waals surface area contributed by atoms with Crippen LogP contribution in [0.1, 0.15) is 48.4 Å². The molecule has 0 spiro atoms. The number of esters is 1. The Morgan fingerprint density at radius 1 is 1.09 bits per heavy atom. The van der Waals surface area contributed by atoms with Gasteiger partial charge in [-0.25, -0.2) is 14.8 Å². The van der Waals surface area contributed by atoms with Gasteiger partial charge in [0.2, 0.25) is 5.91 Å². The fraction of sp³-hybridized carbons (Fsp3) is 0.435. The third-order valence-corrected chi connectivity index (χ3v) is 5.79. The van der Waals surface area contributed by atoms with Gasteiger partial charge in [0.1, 0.15) is 5.60 Å². The van der Waals surface area contributed by atoms with Gasteiger partial charge in [-0.15, -0.1) is 0 Å². The molecule has 1 aromatic rings. The molecular formula is C23H26N4O8. The lowest BCUT2D eigenvalue weighted by Crippen LogP contribution is -2.39. The molecule has 186 valence electrons. The number of nitrogens with zero attached hydrogens (tertiary/aromatic N) is 3. The Kier molecular flexibility index (Phi) is 5.79. The zero-order valence-corrected chi connectivity index (χ0v) is 19.7. The molecule has 4 amide bonds. The molecule has 1 saturated heterocycles. The number of amides is 4. The van der Waals surface area contributed by atoms with Gasteiger partial charge in [-0.1, -0.05) is 6.92 Å². The Labute approximate surface area is 200 Å². The predicted octanol–water partition coefficient (Wildman–Crippen LogP) is 0.115. The molecule has 1 aromatic carbocycles. The molecule has 0 unspecified atom stereocenters. The molecule has 0 radical (unpaired) electrons. The third-order valence-electron chi connectivity index (χ3n) is 5.79. The first-order chi connectivity index (χ1) is 16.3. The van der Waals surface area contributed by atoms with Crippen LogP contribution in [-0.4, -0.2) is 86.5 Å². The molecule has 35 heavy (non-hydrogen) atoms. The maximum atomic E-state index is 13.0. The monoisotopic (exact) mass is 486 g/mol. The van der Waals surface area contributed by atoms with Gasteiger partial charge in [-0.2, -0.15) is 0 Å².